The molecule has 0 atom stereocenters. The predicted molar refractivity (Wildman–Crippen MR) is 96.7 cm³/mol. The molecule has 3 rings (SSSR count). The number of nitrogens with zero attached hydrogens (tertiary/aromatic N) is 1. The van der Waals surface area contributed by atoms with Gasteiger partial charge in [0.25, 0.3) is 0 Å². The van der Waals surface area contributed by atoms with Gasteiger partial charge < -0.3 is 4.74 Å². The summed E-state index contributed by atoms with van der Waals surface area (Å²) >= 11 is 0. The highest BCUT2D eigenvalue weighted by atomic mass is 16.5. The highest BCUT2D eigenvalue weighted by Crippen LogP contribution is 2.22. The molecule has 24 heavy (non-hydrogen) atoms. The Morgan fingerprint density at radius 3 is 2.67 bits per heavy atom. The van der Waals surface area contributed by atoms with E-state index < -0.39 is 0 Å². The van der Waals surface area contributed by atoms with Crippen molar-refractivity contribution in [1.82, 2.24) is 4.90 Å². The Labute approximate surface area is 144 Å². The summed E-state index contributed by atoms with van der Waals surface area (Å²) in [6, 6.07) is 14.3. The van der Waals surface area contributed by atoms with Crippen molar-refractivity contribution in [1.29, 1.82) is 0 Å². The number of carbonyl (C=O) groups is 1. The van der Waals surface area contributed by atoms with Gasteiger partial charge in [-0.05, 0) is 54.7 Å². The van der Waals surface area contributed by atoms with E-state index in [2.05, 4.69) is 36.1 Å². The lowest BCUT2D eigenvalue weighted by atomic mass is 9.99. The van der Waals surface area contributed by atoms with Crippen LogP contribution >= 0.6 is 0 Å². The quantitative estimate of drug-likeness (QED) is 0.755. The van der Waals surface area contributed by atoms with Gasteiger partial charge >= 0.3 is 0 Å². The fraction of sp³-hybridized carbons (Fsp3) is 0.381. The lowest BCUT2D eigenvalue weighted by Gasteiger charge is -2.28. The maximum absolute atomic E-state index is 12.7. The number of ether oxygens (including phenoxy) is 1. The Bertz CT molecular complexity index is 724. The summed E-state index contributed by atoms with van der Waals surface area (Å²) in [6.45, 7) is 7.00. The normalized spacial score (nSPS) is 14.2. The molecule has 0 aromatic heterocycles. The molecule has 0 saturated carbocycles. The minimum atomic E-state index is 0.187. The molecule has 1 aliphatic rings. The lowest BCUT2D eigenvalue weighted by molar-refractivity contribution is 0.0921. The van der Waals surface area contributed by atoms with Gasteiger partial charge in [-0.1, -0.05) is 31.2 Å². The van der Waals surface area contributed by atoms with E-state index in [1.54, 1.807) is 0 Å². The molecule has 2 aromatic carbocycles. The Balaban J connectivity index is 1.69. The second-order valence-electron chi connectivity index (χ2n) is 6.26. The molecule has 0 spiro atoms. The third-order valence-corrected chi connectivity index (χ3v) is 4.64. The average Bonchev–Trinajstić information content (AvgIpc) is 2.62. The topological polar surface area (TPSA) is 29.5 Å². The number of Topliss-reactive ketones (excluding diaryl/α,β-unsaturated/α-hetero) is 1. The van der Waals surface area contributed by atoms with Gasteiger partial charge in [0.15, 0.2) is 5.78 Å². The van der Waals surface area contributed by atoms with Crippen molar-refractivity contribution in [2.24, 2.45) is 0 Å². The number of hydrogen-bond acceptors (Lipinski definition) is 3. The molecule has 2 aromatic rings. The zero-order chi connectivity index (χ0) is 16.9. The van der Waals surface area contributed by atoms with Crippen LogP contribution in [0.1, 0.15) is 40.9 Å². The van der Waals surface area contributed by atoms with Crippen LogP contribution in [0.25, 0.3) is 0 Å². The summed E-state index contributed by atoms with van der Waals surface area (Å²) in [4.78, 5) is 14.9. The van der Waals surface area contributed by atoms with Crippen LogP contribution in [0, 0.1) is 0 Å². The summed E-state index contributed by atoms with van der Waals surface area (Å²) < 4.78 is 5.63. The molecule has 0 saturated heterocycles. The van der Waals surface area contributed by atoms with Gasteiger partial charge in [0.1, 0.15) is 5.75 Å². The predicted octanol–water partition coefficient (Wildman–Crippen LogP) is 3.89. The standard InChI is InChI=1S/C21H25NO2/c1-3-16-13-18(9-10-21(16)24-4-2)20(23)15-22-12-11-17-7-5-6-8-19(17)14-22/h5-10,13H,3-4,11-12,14-15H2,1-2H3. The molecule has 0 N–H and O–H groups in total. The molecule has 3 nitrogen and oxygen atoms in total. The number of ketones is 1. The van der Waals surface area contributed by atoms with Crippen molar-refractivity contribution in [3.8, 4) is 5.75 Å². The monoisotopic (exact) mass is 323 g/mol. The van der Waals surface area contributed by atoms with Crippen LogP contribution in [-0.2, 0) is 19.4 Å². The summed E-state index contributed by atoms with van der Waals surface area (Å²) in [7, 11) is 0. The SMILES string of the molecule is CCOc1ccc(C(=O)CN2CCc3ccccc3C2)cc1CC. The van der Waals surface area contributed by atoms with Crippen LogP contribution in [-0.4, -0.2) is 30.4 Å². The molecule has 1 aliphatic heterocycles. The molecule has 0 bridgehead atoms. The number of carbonyl (C=O) groups excluding carboxylic acids is 1. The van der Waals surface area contributed by atoms with Crippen LogP contribution in [0.15, 0.2) is 42.5 Å². The average molecular weight is 323 g/mol. The van der Waals surface area contributed by atoms with Gasteiger partial charge in [-0.25, -0.2) is 0 Å². The zero-order valence-electron chi connectivity index (χ0n) is 14.5. The third kappa shape index (κ3) is 3.68. The molecular weight excluding hydrogens is 298 g/mol. The molecule has 126 valence electrons. The highest BCUT2D eigenvalue weighted by Gasteiger charge is 2.19. The van der Waals surface area contributed by atoms with Crippen molar-refractivity contribution in [2.45, 2.75) is 33.2 Å². The van der Waals surface area contributed by atoms with Gasteiger partial charge in [0, 0.05) is 18.7 Å². The zero-order valence-corrected chi connectivity index (χ0v) is 14.5. The summed E-state index contributed by atoms with van der Waals surface area (Å²) in [6.07, 6.45) is 1.89. The van der Waals surface area contributed by atoms with E-state index >= 15 is 0 Å². The molecule has 0 aliphatic carbocycles. The van der Waals surface area contributed by atoms with Crippen LogP contribution < -0.4 is 4.74 Å². The van der Waals surface area contributed by atoms with E-state index in [4.69, 9.17) is 4.74 Å². The lowest BCUT2D eigenvalue weighted by Crippen LogP contribution is -2.34. The van der Waals surface area contributed by atoms with E-state index in [1.165, 1.54) is 11.1 Å². The van der Waals surface area contributed by atoms with E-state index in [0.717, 1.165) is 42.8 Å². The van der Waals surface area contributed by atoms with Crippen molar-refractivity contribution in [2.75, 3.05) is 19.7 Å². The van der Waals surface area contributed by atoms with Gasteiger partial charge in [-0.3, -0.25) is 9.69 Å². The van der Waals surface area contributed by atoms with E-state index in [-0.39, 0.29) is 5.78 Å². The summed E-state index contributed by atoms with van der Waals surface area (Å²) in [5, 5.41) is 0. The van der Waals surface area contributed by atoms with Crippen molar-refractivity contribution in [3.05, 3.63) is 64.7 Å². The van der Waals surface area contributed by atoms with Crippen LogP contribution in [0.3, 0.4) is 0 Å². The molecule has 0 amide bonds. The first-order chi connectivity index (χ1) is 11.7. The van der Waals surface area contributed by atoms with Crippen LogP contribution in [0.2, 0.25) is 0 Å². The van der Waals surface area contributed by atoms with Crippen LogP contribution in [0.5, 0.6) is 5.75 Å². The van der Waals surface area contributed by atoms with Gasteiger partial charge in [-0.15, -0.1) is 0 Å². The maximum Gasteiger partial charge on any atom is 0.176 e. The molecule has 0 fully saturated rings. The first-order valence-electron chi connectivity index (χ1n) is 8.79. The van der Waals surface area contributed by atoms with Crippen molar-refractivity contribution >= 4 is 5.78 Å². The summed E-state index contributed by atoms with van der Waals surface area (Å²) in [5.74, 6) is 1.08. The van der Waals surface area contributed by atoms with Gasteiger partial charge in [-0.2, -0.15) is 0 Å². The minimum absolute atomic E-state index is 0.187. The smallest absolute Gasteiger partial charge is 0.176 e. The van der Waals surface area contributed by atoms with Crippen molar-refractivity contribution in [3.63, 3.8) is 0 Å². The second kappa shape index (κ2) is 7.63. The fourth-order valence-electron chi connectivity index (χ4n) is 3.31. The Morgan fingerprint density at radius 1 is 1.12 bits per heavy atom. The van der Waals surface area contributed by atoms with Crippen molar-refractivity contribution < 1.29 is 9.53 Å². The first-order valence-corrected chi connectivity index (χ1v) is 8.79. The minimum Gasteiger partial charge on any atom is -0.494 e. The fourth-order valence-corrected chi connectivity index (χ4v) is 3.31. The van der Waals surface area contributed by atoms with E-state index in [1.807, 2.05) is 25.1 Å². The Hall–Kier alpha value is -2.13. The van der Waals surface area contributed by atoms with E-state index in [0.29, 0.717) is 13.2 Å². The number of fused-ring (bicyclic) bond motifs is 1. The number of rotatable bonds is 6. The highest BCUT2D eigenvalue weighted by molar-refractivity contribution is 5.98. The molecule has 0 unspecified atom stereocenters. The second-order valence-corrected chi connectivity index (χ2v) is 6.26. The van der Waals surface area contributed by atoms with Gasteiger partial charge in [0.05, 0.1) is 13.2 Å². The largest absolute Gasteiger partial charge is 0.494 e. The molecule has 3 heteroatoms. The number of benzene rings is 2. The Kier molecular flexibility index (Phi) is 5.31. The van der Waals surface area contributed by atoms with Gasteiger partial charge in [0.2, 0.25) is 0 Å². The number of aryl methyl sites for hydroxylation is 1. The maximum atomic E-state index is 12.7. The number of hydrogen-bond donors (Lipinski definition) is 0. The molecule has 1 heterocycles. The Morgan fingerprint density at radius 2 is 1.92 bits per heavy atom. The third-order valence-electron chi connectivity index (χ3n) is 4.64. The summed E-state index contributed by atoms with van der Waals surface area (Å²) in [5.41, 5.74) is 4.65. The van der Waals surface area contributed by atoms with Crippen LogP contribution in [0.4, 0.5) is 0 Å². The van der Waals surface area contributed by atoms with E-state index in [9.17, 15) is 4.79 Å². The molecule has 0 radical (unpaired) electrons. The first kappa shape index (κ1) is 16.7. The molecular formula is C21H25NO2.